The molecular weight excluding hydrogens is 528 g/mol. The largest absolute Gasteiger partial charge is 0.483 e. The van der Waals surface area contributed by atoms with Gasteiger partial charge in [-0.2, -0.15) is 5.26 Å². The maximum atomic E-state index is 9.55. The summed E-state index contributed by atoms with van der Waals surface area (Å²) in [5, 5.41) is 44.9. The van der Waals surface area contributed by atoms with Crippen molar-refractivity contribution in [2.45, 2.75) is 12.5 Å². The quantitative estimate of drug-likeness (QED) is 0.228. The minimum atomic E-state index is -1.26. The van der Waals surface area contributed by atoms with Crippen molar-refractivity contribution in [3.05, 3.63) is 89.3 Å². The van der Waals surface area contributed by atoms with Crippen molar-refractivity contribution in [1.29, 1.82) is 5.26 Å². The smallest absolute Gasteiger partial charge is 0.328 e. The molecule has 0 bridgehead atoms. The second-order valence-corrected chi connectivity index (χ2v) is 8.35. The second-order valence-electron chi connectivity index (χ2n) is 7.30. The molecule has 2 aromatic carbocycles. The second kappa shape index (κ2) is 17.5. The van der Waals surface area contributed by atoms with Crippen molar-refractivity contribution in [3.8, 4) is 11.8 Å². The van der Waals surface area contributed by atoms with E-state index >= 15 is 0 Å². The number of carbonyl (C=O) groups is 4. The fourth-order valence-corrected chi connectivity index (χ4v) is 3.81. The van der Waals surface area contributed by atoms with Gasteiger partial charge in [0.25, 0.3) is 0 Å². The van der Waals surface area contributed by atoms with Crippen LogP contribution in [0, 0.1) is 11.3 Å². The van der Waals surface area contributed by atoms with E-state index in [4.69, 9.17) is 25.2 Å². The monoisotopic (exact) mass is 554 g/mol. The molecule has 12 heteroatoms. The Morgan fingerprint density at radius 1 is 0.872 bits per heavy atom. The Labute approximate surface area is 227 Å². The van der Waals surface area contributed by atoms with Gasteiger partial charge < -0.3 is 30.5 Å². The number of nitriles is 1. The highest BCUT2D eigenvalue weighted by molar-refractivity contribution is 7.20. The van der Waals surface area contributed by atoms with Gasteiger partial charge in [-0.05, 0) is 31.3 Å². The van der Waals surface area contributed by atoms with Gasteiger partial charge in [-0.1, -0.05) is 42.5 Å². The molecule has 1 atom stereocenters. The van der Waals surface area contributed by atoms with Gasteiger partial charge in [0, 0.05) is 40.8 Å². The maximum absolute atomic E-state index is 9.55. The van der Waals surface area contributed by atoms with Gasteiger partial charge in [0.1, 0.15) is 17.1 Å². The van der Waals surface area contributed by atoms with Crippen molar-refractivity contribution in [2.24, 2.45) is 0 Å². The summed E-state index contributed by atoms with van der Waals surface area (Å²) in [6, 6.07) is 20.5. The van der Waals surface area contributed by atoms with Crippen molar-refractivity contribution in [3.63, 3.8) is 0 Å². The molecule has 39 heavy (non-hydrogen) atoms. The van der Waals surface area contributed by atoms with Crippen LogP contribution in [0.1, 0.15) is 23.0 Å². The summed E-state index contributed by atoms with van der Waals surface area (Å²) in [6.07, 6.45) is 3.00. The lowest BCUT2D eigenvalue weighted by molar-refractivity contribution is -0.134. The molecule has 5 N–H and O–H groups in total. The lowest BCUT2D eigenvalue weighted by atomic mass is 10.1. The van der Waals surface area contributed by atoms with E-state index in [0.29, 0.717) is 34.9 Å². The molecule has 0 saturated heterocycles. The Kier molecular flexibility index (Phi) is 14.3. The predicted octanol–water partition coefficient (Wildman–Crippen LogP) is 3.93. The number of benzene rings is 2. The molecule has 1 heterocycles. The van der Waals surface area contributed by atoms with Gasteiger partial charge in [-0.25, -0.2) is 19.2 Å². The molecule has 3 aromatic rings. The number of nitrogens with zero attached hydrogens (tertiary/aromatic N) is 1. The molecule has 11 nitrogen and oxygen atoms in total. The minimum Gasteiger partial charge on any atom is -0.483 e. The molecule has 0 unspecified atom stereocenters. The van der Waals surface area contributed by atoms with Crippen molar-refractivity contribution >= 4 is 45.3 Å². The molecule has 0 amide bonds. The Morgan fingerprint density at radius 3 is 1.82 bits per heavy atom. The number of carboxylic acid groups (broad SMARTS) is 4. The third kappa shape index (κ3) is 12.7. The molecule has 0 fully saturated rings. The fourth-order valence-electron chi connectivity index (χ4n) is 2.88. The average Bonchev–Trinajstić information content (AvgIpc) is 3.27. The van der Waals surface area contributed by atoms with Gasteiger partial charge in [-0.15, -0.1) is 11.3 Å². The van der Waals surface area contributed by atoms with Crippen LogP contribution in [-0.2, 0) is 19.2 Å². The van der Waals surface area contributed by atoms with Gasteiger partial charge in [0.15, 0.2) is 5.75 Å². The van der Waals surface area contributed by atoms with Crippen LogP contribution in [0.3, 0.4) is 0 Å². The number of hydrogen-bond acceptors (Lipinski definition) is 8. The lowest BCUT2D eigenvalue weighted by Crippen LogP contribution is -2.16. The van der Waals surface area contributed by atoms with Crippen LogP contribution in [0.15, 0.2) is 78.9 Å². The van der Waals surface area contributed by atoms with Crippen LogP contribution in [0.5, 0.6) is 5.75 Å². The van der Waals surface area contributed by atoms with Crippen molar-refractivity contribution in [1.82, 2.24) is 5.32 Å². The van der Waals surface area contributed by atoms with Crippen LogP contribution in [0.4, 0.5) is 0 Å². The van der Waals surface area contributed by atoms with E-state index in [-0.39, 0.29) is 6.10 Å². The van der Waals surface area contributed by atoms with E-state index < -0.39 is 23.9 Å². The first kappa shape index (κ1) is 32.0. The number of carboxylic acids is 4. The first-order chi connectivity index (χ1) is 18.6. The third-order valence-electron chi connectivity index (χ3n) is 4.48. The standard InChI is InChI=1S/C19H18N2OS.2C4H4O4/c1-21-12-11-16(14-7-3-2-4-8-14)22-19-15-9-5-6-10-17(15)23-18(19)13-20;2*5-3(6)1-2-4(7)8/h2-10,16,21H,11-12H2,1H3;2*1-2H,(H,5,6)(H,7,8)/b;2*2-1+/t16-;;/m1../s1. The zero-order chi connectivity index (χ0) is 29.2. The summed E-state index contributed by atoms with van der Waals surface area (Å²) >= 11 is 1.48. The van der Waals surface area contributed by atoms with E-state index in [1.807, 2.05) is 49.5 Å². The normalized spacial score (nSPS) is 11.0. The summed E-state index contributed by atoms with van der Waals surface area (Å²) in [7, 11) is 1.93. The average molecular weight is 555 g/mol. The van der Waals surface area contributed by atoms with Crippen LogP contribution in [0.2, 0.25) is 0 Å². The molecule has 1 aromatic heterocycles. The molecule has 0 saturated carbocycles. The topological polar surface area (TPSA) is 194 Å². The highest BCUT2D eigenvalue weighted by atomic mass is 32.1. The first-order valence-electron chi connectivity index (χ1n) is 11.1. The van der Waals surface area contributed by atoms with Gasteiger partial charge in [-0.3, -0.25) is 0 Å². The number of rotatable bonds is 10. The molecule has 204 valence electrons. The lowest BCUT2D eigenvalue weighted by Gasteiger charge is -2.19. The van der Waals surface area contributed by atoms with E-state index in [2.05, 4.69) is 23.5 Å². The van der Waals surface area contributed by atoms with Gasteiger partial charge in [0.2, 0.25) is 0 Å². The summed E-state index contributed by atoms with van der Waals surface area (Å²) in [5.41, 5.74) is 1.13. The number of thiophene rings is 1. The Hall–Kier alpha value is -4.99. The number of ether oxygens (including phenoxy) is 1. The zero-order valence-corrected chi connectivity index (χ0v) is 21.5. The highest BCUT2D eigenvalue weighted by Crippen LogP contribution is 2.39. The SMILES string of the molecule is CNCC[C@@H](Oc1c(C#N)sc2ccccc12)c1ccccc1.O=C(O)/C=C/C(=O)O.O=C(O)/C=C/C(=O)O. The Bertz CT molecular complexity index is 1290. The first-order valence-corrected chi connectivity index (χ1v) is 12.0. The summed E-state index contributed by atoms with van der Waals surface area (Å²) in [4.78, 5) is 38.9. The molecule has 0 aliphatic carbocycles. The van der Waals surface area contributed by atoms with E-state index in [9.17, 15) is 24.4 Å². The number of aliphatic carboxylic acids is 4. The third-order valence-corrected chi connectivity index (χ3v) is 5.53. The maximum Gasteiger partial charge on any atom is 0.328 e. The van der Waals surface area contributed by atoms with E-state index in [0.717, 1.165) is 28.6 Å². The summed E-state index contributed by atoms with van der Waals surface area (Å²) in [6.45, 7) is 0.851. The molecular formula is C27H26N2O9S. The molecule has 0 spiro atoms. The van der Waals surface area contributed by atoms with Crippen LogP contribution in [-0.4, -0.2) is 57.9 Å². The molecule has 0 aliphatic heterocycles. The number of fused-ring (bicyclic) bond motifs is 1. The van der Waals surface area contributed by atoms with Crippen LogP contribution < -0.4 is 10.1 Å². The van der Waals surface area contributed by atoms with Crippen LogP contribution >= 0.6 is 11.3 Å². The highest BCUT2D eigenvalue weighted by Gasteiger charge is 2.19. The fraction of sp³-hybridized carbons (Fsp3) is 0.148. The van der Waals surface area contributed by atoms with Crippen LogP contribution in [0.25, 0.3) is 10.1 Å². The summed E-state index contributed by atoms with van der Waals surface area (Å²) < 4.78 is 7.41. The zero-order valence-electron chi connectivity index (χ0n) is 20.7. The van der Waals surface area contributed by atoms with Crippen molar-refractivity contribution < 1.29 is 44.3 Å². The molecule has 0 radical (unpaired) electrons. The predicted molar refractivity (Wildman–Crippen MR) is 144 cm³/mol. The molecule has 3 rings (SSSR count). The van der Waals surface area contributed by atoms with E-state index in [1.54, 1.807) is 0 Å². The van der Waals surface area contributed by atoms with Gasteiger partial charge >= 0.3 is 23.9 Å². The number of hydrogen-bond donors (Lipinski definition) is 5. The Balaban J connectivity index is 0.000000393. The Morgan fingerprint density at radius 2 is 1.36 bits per heavy atom. The minimum absolute atomic E-state index is 0.0752. The summed E-state index contributed by atoms with van der Waals surface area (Å²) in [5.74, 6) is -4.32. The van der Waals surface area contributed by atoms with E-state index in [1.165, 1.54) is 11.3 Å². The van der Waals surface area contributed by atoms with Gasteiger partial charge in [0.05, 0.1) is 0 Å². The molecule has 0 aliphatic rings. The number of nitrogens with one attached hydrogen (secondary N) is 1. The van der Waals surface area contributed by atoms with Crippen molar-refractivity contribution in [2.75, 3.05) is 13.6 Å².